The normalized spacial score (nSPS) is 10.7. The number of halogens is 3. The topological polar surface area (TPSA) is 56.7 Å². The first-order chi connectivity index (χ1) is 12.0. The molecule has 0 aliphatic heterocycles. The highest BCUT2D eigenvalue weighted by Crippen LogP contribution is 2.12. The van der Waals surface area contributed by atoms with Gasteiger partial charge in [-0.15, -0.1) is 24.0 Å². The van der Waals surface area contributed by atoms with Crippen molar-refractivity contribution in [2.75, 3.05) is 26.0 Å². The van der Waals surface area contributed by atoms with Crippen LogP contribution in [0.2, 0.25) is 5.02 Å². The number of benzene rings is 2. The second kappa shape index (κ2) is 11.0. The molecule has 1 amide bonds. The molecule has 0 aromatic heterocycles. The smallest absolute Gasteiger partial charge is 0.243 e. The monoisotopic (exact) mass is 490 g/mol. The van der Waals surface area contributed by atoms with Crippen LogP contribution in [0.5, 0.6) is 0 Å². The molecule has 0 heterocycles. The van der Waals surface area contributed by atoms with E-state index >= 15 is 0 Å². The van der Waals surface area contributed by atoms with Crippen molar-refractivity contribution in [3.63, 3.8) is 0 Å². The summed E-state index contributed by atoms with van der Waals surface area (Å²) in [5, 5.41) is 6.35. The molecule has 0 aliphatic carbocycles. The Bertz CT molecular complexity index is 755. The Morgan fingerprint density at radius 3 is 2.54 bits per heavy atom. The van der Waals surface area contributed by atoms with Crippen molar-refractivity contribution in [1.82, 2.24) is 10.2 Å². The maximum atomic E-state index is 12.9. The van der Waals surface area contributed by atoms with E-state index in [1.807, 2.05) is 36.2 Å². The van der Waals surface area contributed by atoms with Crippen LogP contribution >= 0.6 is 35.6 Å². The second-order valence-corrected chi connectivity index (χ2v) is 5.88. The van der Waals surface area contributed by atoms with Gasteiger partial charge in [-0.1, -0.05) is 23.7 Å². The number of aliphatic imine (C=N–C) groups is 1. The van der Waals surface area contributed by atoms with Gasteiger partial charge in [-0.2, -0.15) is 0 Å². The summed E-state index contributed by atoms with van der Waals surface area (Å²) >= 11 is 5.99. The minimum absolute atomic E-state index is 0. The molecule has 2 aromatic rings. The lowest BCUT2D eigenvalue weighted by Crippen LogP contribution is -2.42. The molecule has 140 valence electrons. The zero-order valence-corrected chi connectivity index (χ0v) is 17.6. The Kier molecular flexibility index (Phi) is 9.36. The predicted molar refractivity (Wildman–Crippen MR) is 115 cm³/mol. The molecule has 0 aliphatic rings. The van der Waals surface area contributed by atoms with Gasteiger partial charge >= 0.3 is 0 Å². The fourth-order valence-corrected chi connectivity index (χ4v) is 2.48. The van der Waals surface area contributed by atoms with Gasteiger partial charge in [0.05, 0.1) is 6.54 Å². The minimum Gasteiger partial charge on any atom is -0.347 e. The number of carbonyl (C=O) groups is 1. The van der Waals surface area contributed by atoms with E-state index in [9.17, 15) is 9.18 Å². The van der Waals surface area contributed by atoms with Crippen LogP contribution in [0.3, 0.4) is 0 Å². The van der Waals surface area contributed by atoms with E-state index in [2.05, 4.69) is 15.6 Å². The summed E-state index contributed by atoms with van der Waals surface area (Å²) in [6.07, 6.45) is 0. The Morgan fingerprint density at radius 2 is 1.92 bits per heavy atom. The highest BCUT2D eigenvalue weighted by Gasteiger charge is 2.09. The van der Waals surface area contributed by atoms with Crippen molar-refractivity contribution in [2.45, 2.75) is 6.54 Å². The molecule has 26 heavy (non-hydrogen) atoms. The zero-order valence-electron chi connectivity index (χ0n) is 14.5. The van der Waals surface area contributed by atoms with Gasteiger partial charge < -0.3 is 15.5 Å². The molecule has 0 radical (unpaired) electrons. The summed E-state index contributed by atoms with van der Waals surface area (Å²) in [7, 11) is 3.52. The van der Waals surface area contributed by atoms with E-state index in [1.165, 1.54) is 24.3 Å². The lowest BCUT2D eigenvalue weighted by Gasteiger charge is -2.22. The van der Waals surface area contributed by atoms with E-state index in [4.69, 9.17) is 11.6 Å². The molecule has 8 heteroatoms. The van der Waals surface area contributed by atoms with Gasteiger partial charge in [0.25, 0.3) is 0 Å². The highest BCUT2D eigenvalue weighted by atomic mass is 127. The fraction of sp³-hybridized carbons (Fsp3) is 0.222. The van der Waals surface area contributed by atoms with Crippen LogP contribution in [-0.4, -0.2) is 37.4 Å². The molecule has 0 saturated heterocycles. The molecule has 5 nitrogen and oxygen atoms in total. The van der Waals surface area contributed by atoms with Crippen LogP contribution in [0.25, 0.3) is 0 Å². The lowest BCUT2D eigenvalue weighted by molar-refractivity contribution is -0.115. The number of amides is 1. The first-order valence-corrected chi connectivity index (χ1v) is 8.07. The van der Waals surface area contributed by atoms with E-state index < -0.39 is 0 Å². The highest BCUT2D eigenvalue weighted by molar-refractivity contribution is 14.0. The third-order valence-electron chi connectivity index (χ3n) is 3.42. The summed E-state index contributed by atoms with van der Waals surface area (Å²) in [4.78, 5) is 18.0. The lowest BCUT2D eigenvalue weighted by atomic mass is 10.2. The van der Waals surface area contributed by atoms with Gasteiger partial charge in [0.2, 0.25) is 5.91 Å². The van der Waals surface area contributed by atoms with E-state index in [0.717, 1.165) is 5.56 Å². The summed E-state index contributed by atoms with van der Waals surface area (Å²) in [5.74, 6) is -0.0164. The van der Waals surface area contributed by atoms with Crippen LogP contribution in [0.15, 0.2) is 53.5 Å². The predicted octanol–water partition coefficient (Wildman–Crippen LogP) is 3.74. The Labute approximate surface area is 174 Å². The Hall–Kier alpha value is -1.87. The van der Waals surface area contributed by atoms with E-state index in [-0.39, 0.29) is 42.2 Å². The average Bonchev–Trinajstić information content (AvgIpc) is 2.57. The van der Waals surface area contributed by atoms with Crippen LogP contribution in [0, 0.1) is 5.82 Å². The Morgan fingerprint density at radius 1 is 1.23 bits per heavy atom. The minimum atomic E-state index is -0.348. The molecule has 2 N–H and O–H groups in total. The van der Waals surface area contributed by atoms with Crippen molar-refractivity contribution in [3.8, 4) is 0 Å². The molecule has 0 fully saturated rings. The third-order valence-corrected chi connectivity index (χ3v) is 3.65. The van der Waals surface area contributed by atoms with Crippen LogP contribution in [-0.2, 0) is 11.3 Å². The second-order valence-electron chi connectivity index (χ2n) is 5.44. The van der Waals surface area contributed by atoms with Gasteiger partial charge in [0, 0.05) is 31.4 Å². The molecule has 0 spiro atoms. The average molecular weight is 491 g/mol. The van der Waals surface area contributed by atoms with Crippen molar-refractivity contribution in [3.05, 3.63) is 64.9 Å². The van der Waals surface area contributed by atoms with Gasteiger partial charge in [-0.25, -0.2) is 4.39 Å². The summed E-state index contributed by atoms with van der Waals surface area (Å²) in [5.41, 5.74) is 1.57. The number of carbonyl (C=O) groups excluding carboxylic acids is 1. The van der Waals surface area contributed by atoms with Gasteiger partial charge in [-0.05, 0) is 42.0 Å². The summed E-state index contributed by atoms with van der Waals surface area (Å²) < 4.78 is 12.9. The quantitative estimate of drug-likeness (QED) is 0.381. The van der Waals surface area contributed by atoms with Crippen LogP contribution in [0.4, 0.5) is 10.1 Å². The molecular weight excluding hydrogens is 470 g/mol. The van der Waals surface area contributed by atoms with E-state index in [0.29, 0.717) is 23.2 Å². The molecule has 0 bridgehead atoms. The third kappa shape index (κ3) is 7.17. The van der Waals surface area contributed by atoms with Crippen molar-refractivity contribution in [1.29, 1.82) is 0 Å². The number of nitrogens with zero attached hydrogens (tertiary/aromatic N) is 2. The van der Waals surface area contributed by atoms with E-state index in [1.54, 1.807) is 7.05 Å². The SMILES string of the molecule is CN=C(NCC(=O)Nc1ccc(F)cc1)N(C)Cc1cccc(Cl)c1.I. The standard InChI is InChI=1S/C18H20ClFN4O.HI/c1-21-18(24(2)12-13-4-3-5-14(19)10-13)22-11-17(25)23-16-8-6-15(20)7-9-16;/h3-10H,11-12H2,1-2H3,(H,21,22)(H,23,25);1H. The molecule has 0 atom stereocenters. The van der Waals surface area contributed by atoms with Gasteiger partial charge in [-0.3, -0.25) is 9.79 Å². The molecule has 0 unspecified atom stereocenters. The van der Waals surface area contributed by atoms with Gasteiger partial charge in [0.1, 0.15) is 5.82 Å². The maximum Gasteiger partial charge on any atom is 0.243 e. The first-order valence-electron chi connectivity index (χ1n) is 7.69. The van der Waals surface area contributed by atoms with Crippen molar-refractivity contribution >= 4 is 53.1 Å². The van der Waals surface area contributed by atoms with Crippen LogP contribution in [0.1, 0.15) is 5.56 Å². The fourth-order valence-electron chi connectivity index (χ4n) is 2.27. The number of anilines is 1. The molecular formula is C18H21ClFIN4O. The summed E-state index contributed by atoms with van der Waals surface area (Å²) in [6.45, 7) is 0.643. The number of nitrogens with one attached hydrogen (secondary N) is 2. The van der Waals surface area contributed by atoms with Crippen molar-refractivity contribution < 1.29 is 9.18 Å². The molecule has 2 rings (SSSR count). The molecule has 0 saturated carbocycles. The van der Waals surface area contributed by atoms with Crippen LogP contribution < -0.4 is 10.6 Å². The number of guanidine groups is 1. The van der Waals surface area contributed by atoms with Gasteiger partial charge in [0.15, 0.2) is 5.96 Å². The number of hydrogen-bond donors (Lipinski definition) is 2. The molecule has 2 aromatic carbocycles. The van der Waals surface area contributed by atoms with Crippen molar-refractivity contribution in [2.24, 2.45) is 4.99 Å². The summed E-state index contributed by atoms with van der Waals surface area (Å²) in [6, 6.07) is 13.2. The number of hydrogen-bond acceptors (Lipinski definition) is 2. The largest absolute Gasteiger partial charge is 0.347 e. The zero-order chi connectivity index (χ0) is 18.2. The maximum absolute atomic E-state index is 12.9. The first kappa shape index (κ1) is 22.2. The Balaban J connectivity index is 0.00000338. The number of rotatable bonds is 5.